The van der Waals surface area contributed by atoms with E-state index in [1.165, 1.54) is 50.4 Å². The summed E-state index contributed by atoms with van der Waals surface area (Å²) in [6, 6.07) is 13.0. The SMILES string of the molecule is CCCCCCCCOc1ccc([I-]c2c(C)cc(OC)cc2C)cc1. The molecule has 26 heavy (non-hydrogen) atoms. The van der Waals surface area contributed by atoms with Crippen LogP contribution in [0.1, 0.15) is 56.6 Å². The Balaban J connectivity index is 1.82. The van der Waals surface area contributed by atoms with Crippen molar-refractivity contribution >= 4 is 0 Å². The fourth-order valence-electron chi connectivity index (χ4n) is 2.95. The molecule has 2 aromatic rings. The third kappa shape index (κ3) is 6.82. The molecule has 2 nitrogen and oxygen atoms in total. The number of ether oxygens (including phenoxy) is 2. The van der Waals surface area contributed by atoms with Crippen molar-refractivity contribution in [2.45, 2.75) is 59.3 Å². The Morgan fingerprint density at radius 2 is 1.42 bits per heavy atom. The van der Waals surface area contributed by atoms with Gasteiger partial charge in [-0.15, -0.1) is 0 Å². The van der Waals surface area contributed by atoms with Crippen molar-refractivity contribution in [1.29, 1.82) is 0 Å². The molecule has 2 aromatic carbocycles. The summed E-state index contributed by atoms with van der Waals surface area (Å²) in [7, 11) is 1.73. The van der Waals surface area contributed by atoms with E-state index in [1.807, 2.05) is 0 Å². The zero-order chi connectivity index (χ0) is 18.8. The summed E-state index contributed by atoms with van der Waals surface area (Å²) in [5.41, 5.74) is 2.66. The van der Waals surface area contributed by atoms with Crippen LogP contribution in [0.3, 0.4) is 0 Å². The molecule has 0 aliphatic carbocycles. The second kappa shape index (κ2) is 11.5. The third-order valence-electron chi connectivity index (χ3n) is 4.43. The Morgan fingerprint density at radius 1 is 0.808 bits per heavy atom. The van der Waals surface area contributed by atoms with Crippen LogP contribution in [0, 0.1) is 21.0 Å². The normalized spacial score (nSPS) is 10.9. The molecule has 0 unspecified atom stereocenters. The van der Waals surface area contributed by atoms with E-state index in [0.29, 0.717) is 0 Å². The third-order valence-corrected chi connectivity index (χ3v) is 8.01. The number of halogens is 1. The number of hydrogen-bond donors (Lipinski definition) is 0. The Hall–Kier alpha value is -1.23. The van der Waals surface area contributed by atoms with Crippen molar-refractivity contribution in [2.24, 2.45) is 0 Å². The molecule has 0 saturated heterocycles. The van der Waals surface area contributed by atoms with Crippen LogP contribution >= 0.6 is 0 Å². The second-order valence-electron chi connectivity index (χ2n) is 6.74. The molecule has 2 rings (SSSR count). The zero-order valence-corrected chi connectivity index (χ0v) is 18.8. The van der Waals surface area contributed by atoms with Crippen LogP contribution in [0.25, 0.3) is 0 Å². The van der Waals surface area contributed by atoms with Crippen LogP contribution in [-0.4, -0.2) is 13.7 Å². The predicted octanol–water partition coefficient (Wildman–Crippen LogP) is 3.18. The second-order valence-corrected chi connectivity index (χ2v) is 9.60. The van der Waals surface area contributed by atoms with E-state index in [1.54, 1.807) is 7.11 Å². The molecule has 144 valence electrons. The Morgan fingerprint density at radius 3 is 2.04 bits per heavy atom. The maximum absolute atomic E-state index is 5.89. The molecule has 0 bridgehead atoms. The van der Waals surface area contributed by atoms with Crippen LogP contribution in [-0.2, 0) is 0 Å². The first kappa shape index (κ1) is 21.1. The van der Waals surface area contributed by atoms with Crippen molar-refractivity contribution in [3.05, 3.63) is 54.7 Å². The number of methoxy groups -OCH3 is 1. The molecular weight excluding hydrogens is 435 g/mol. The number of unbranched alkanes of at least 4 members (excludes halogenated alkanes) is 5. The monoisotopic (exact) mass is 467 g/mol. The number of benzene rings is 2. The van der Waals surface area contributed by atoms with Gasteiger partial charge in [-0.25, -0.2) is 0 Å². The van der Waals surface area contributed by atoms with Crippen molar-refractivity contribution < 1.29 is 30.7 Å². The summed E-state index contributed by atoms with van der Waals surface area (Å²) < 4.78 is 14.2. The summed E-state index contributed by atoms with van der Waals surface area (Å²) in [4.78, 5) is 0. The average Bonchev–Trinajstić information content (AvgIpc) is 2.65. The van der Waals surface area contributed by atoms with Crippen LogP contribution in [0.15, 0.2) is 36.4 Å². The Bertz CT molecular complexity index is 641. The first-order valence-corrected chi connectivity index (χ1v) is 11.8. The van der Waals surface area contributed by atoms with Crippen LogP contribution in [0.5, 0.6) is 11.5 Å². The van der Waals surface area contributed by atoms with Gasteiger partial charge in [0.1, 0.15) is 0 Å². The molecule has 0 aromatic heterocycles. The van der Waals surface area contributed by atoms with Crippen LogP contribution < -0.4 is 30.7 Å². The first-order valence-electron chi connectivity index (χ1n) is 9.67. The van der Waals surface area contributed by atoms with Gasteiger partial charge in [-0.3, -0.25) is 0 Å². The summed E-state index contributed by atoms with van der Waals surface area (Å²) >= 11 is -0.183. The summed E-state index contributed by atoms with van der Waals surface area (Å²) in [5, 5.41) is 0. The quantitative estimate of drug-likeness (QED) is 0.374. The molecule has 0 aliphatic heterocycles. The standard InChI is InChI=1S/C23H32IO2/c1-5-6-7-8-9-10-15-26-21-13-11-20(12-14-21)24-23-18(2)16-22(25-4)17-19(23)3/h11-14,16-17H,5-10,15H2,1-4H3/q-1. The van der Waals surface area contributed by atoms with Crippen molar-refractivity contribution in [3.8, 4) is 11.5 Å². The molecule has 0 heterocycles. The van der Waals surface area contributed by atoms with Gasteiger partial charge in [0.15, 0.2) is 0 Å². The molecular formula is C23H32IO2-. The Labute approximate surface area is 169 Å². The fourth-order valence-corrected chi connectivity index (χ4v) is 5.45. The number of hydrogen-bond acceptors (Lipinski definition) is 2. The van der Waals surface area contributed by atoms with E-state index >= 15 is 0 Å². The predicted molar refractivity (Wildman–Crippen MR) is 105 cm³/mol. The van der Waals surface area contributed by atoms with Gasteiger partial charge in [-0.05, 0) is 0 Å². The van der Waals surface area contributed by atoms with Crippen LogP contribution in [0.2, 0.25) is 0 Å². The fraction of sp³-hybridized carbons (Fsp3) is 0.478. The minimum atomic E-state index is -0.183. The van der Waals surface area contributed by atoms with E-state index in [-0.39, 0.29) is 21.2 Å². The first-order chi connectivity index (χ1) is 12.6. The van der Waals surface area contributed by atoms with Gasteiger partial charge in [-0.2, -0.15) is 0 Å². The molecule has 0 aliphatic rings. The van der Waals surface area contributed by atoms with E-state index < -0.39 is 0 Å². The average molecular weight is 467 g/mol. The van der Waals surface area contributed by atoms with Crippen molar-refractivity contribution in [3.63, 3.8) is 0 Å². The van der Waals surface area contributed by atoms with Crippen molar-refractivity contribution in [1.82, 2.24) is 0 Å². The number of rotatable bonds is 11. The molecule has 0 saturated carbocycles. The summed E-state index contributed by atoms with van der Waals surface area (Å²) in [6.07, 6.45) is 7.79. The summed E-state index contributed by atoms with van der Waals surface area (Å²) in [6.45, 7) is 7.45. The topological polar surface area (TPSA) is 18.5 Å². The van der Waals surface area contributed by atoms with E-state index in [0.717, 1.165) is 24.5 Å². The Kier molecular flexibility index (Phi) is 9.30. The summed E-state index contributed by atoms with van der Waals surface area (Å²) in [5.74, 6) is 1.95. The zero-order valence-electron chi connectivity index (χ0n) is 16.6. The number of aryl methyl sites for hydroxylation is 2. The molecule has 0 radical (unpaired) electrons. The molecule has 0 N–H and O–H groups in total. The van der Waals surface area contributed by atoms with Gasteiger partial charge in [0.2, 0.25) is 0 Å². The molecule has 0 spiro atoms. The van der Waals surface area contributed by atoms with Gasteiger partial charge in [0, 0.05) is 0 Å². The molecule has 0 amide bonds. The van der Waals surface area contributed by atoms with Gasteiger partial charge < -0.3 is 0 Å². The van der Waals surface area contributed by atoms with Crippen molar-refractivity contribution in [2.75, 3.05) is 13.7 Å². The van der Waals surface area contributed by atoms with E-state index in [2.05, 4.69) is 57.2 Å². The van der Waals surface area contributed by atoms with Gasteiger partial charge in [0.05, 0.1) is 0 Å². The molecule has 0 atom stereocenters. The minimum absolute atomic E-state index is 0.183. The maximum atomic E-state index is 5.89. The van der Waals surface area contributed by atoms with E-state index in [4.69, 9.17) is 9.47 Å². The van der Waals surface area contributed by atoms with Gasteiger partial charge >= 0.3 is 163 Å². The van der Waals surface area contributed by atoms with Gasteiger partial charge in [-0.1, -0.05) is 6.92 Å². The van der Waals surface area contributed by atoms with Crippen LogP contribution in [0.4, 0.5) is 0 Å². The molecule has 0 fully saturated rings. The van der Waals surface area contributed by atoms with Gasteiger partial charge in [0.25, 0.3) is 0 Å². The van der Waals surface area contributed by atoms with E-state index in [9.17, 15) is 0 Å². The molecule has 3 heteroatoms.